The van der Waals surface area contributed by atoms with Gasteiger partial charge in [0.1, 0.15) is 22.3 Å². The van der Waals surface area contributed by atoms with E-state index in [2.05, 4.69) is 58.8 Å². The van der Waals surface area contributed by atoms with E-state index in [1.54, 1.807) is 11.8 Å². The quantitative estimate of drug-likeness (QED) is 0.293. The summed E-state index contributed by atoms with van der Waals surface area (Å²) in [7, 11) is 1.74. The van der Waals surface area contributed by atoms with Crippen LogP contribution in [0.4, 0.5) is 0 Å². The summed E-state index contributed by atoms with van der Waals surface area (Å²) in [5, 5.41) is 14.4. The fourth-order valence-electron chi connectivity index (χ4n) is 5.47. The van der Waals surface area contributed by atoms with Crippen molar-refractivity contribution in [1.29, 1.82) is 0 Å². The van der Waals surface area contributed by atoms with Crippen molar-refractivity contribution < 1.29 is 19.4 Å². The average molecular weight is 615 g/mol. The number of carbonyl (C=O) groups excluding carboxylic acids is 1. The molecule has 1 aliphatic heterocycles. The third-order valence-electron chi connectivity index (χ3n) is 7.89. The Hall–Kier alpha value is -2.91. The second kappa shape index (κ2) is 12.4. The number of amides is 1. The van der Waals surface area contributed by atoms with E-state index in [0.29, 0.717) is 29.5 Å². The van der Waals surface area contributed by atoms with Crippen LogP contribution in [0.5, 0.6) is 5.75 Å². The van der Waals surface area contributed by atoms with Gasteiger partial charge in [-0.2, -0.15) is 5.10 Å². The number of piperidine rings is 1. The first-order valence-corrected chi connectivity index (χ1v) is 15.7. The Labute approximate surface area is 258 Å². The third-order valence-corrected chi connectivity index (χ3v) is 9.31. The van der Waals surface area contributed by atoms with Crippen molar-refractivity contribution in [3.05, 3.63) is 50.1 Å². The van der Waals surface area contributed by atoms with Crippen molar-refractivity contribution in [2.75, 3.05) is 20.2 Å². The van der Waals surface area contributed by atoms with Crippen molar-refractivity contribution in [1.82, 2.24) is 19.7 Å². The monoisotopic (exact) mass is 614 g/mol. The van der Waals surface area contributed by atoms with E-state index in [1.165, 1.54) is 11.3 Å². The molecule has 0 radical (unpaired) electrons. The van der Waals surface area contributed by atoms with Crippen molar-refractivity contribution in [3.8, 4) is 17.0 Å². The minimum atomic E-state index is -0.858. The van der Waals surface area contributed by atoms with Crippen LogP contribution in [0.1, 0.15) is 94.2 Å². The standard InChI is InChI=1S/C32H43ClN4O4S/c1-19-15-22(9-10-26(39)40)35-37(19)18-25(38)36-13-11-20(12-14-36)30-34-27(29(33)42-30)21-16-23(31(2,3)4)28(41-8)24(17-21)32(5,6)7/h15-17,20H,9-14,18H2,1-8H3,(H,39,40). The van der Waals surface area contributed by atoms with Crippen LogP contribution < -0.4 is 4.74 Å². The van der Waals surface area contributed by atoms with Crippen LogP contribution in [0, 0.1) is 6.92 Å². The lowest BCUT2D eigenvalue weighted by atomic mass is 9.78. The van der Waals surface area contributed by atoms with Gasteiger partial charge in [0.05, 0.1) is 24.2 Å². The number of hydrogen-bond donors (Lipinski definition) is 1. The van der Waals surface area contributed by atoms with Gasteiger partial charge in [-0.05, 0) is 48.8 Å². The molecular formula is C32H43ClN4O4S. The molecule has 2 aromatic heterocycles. The zero-order valence-electron chi connectivity index (χ0n) is 26.0. The van der Waals surface area contributed by atoms with Gasteiger partial charge in [-0.3, -0.25) is 14.3 Å². The van der Waals surface area contributed by atoms with Crippen molar-refractivity contribution in [2.45, 2.75) is 97.4 Å². The summed E-state index contributed by atoms with van der Waals surface area (Å²) < 4.78 is 8.29. The van der Waals surface area contributed by atoms with E-state index in [4.69, 9.17) is 26.4 Å². The highest BCUT2D eigenvalue weighted by Crippen LogP contribution is 2.45. The van der Waals surface area contributed by atoms with E-state index in [9.17, 15) is 9.59 Å². The number of aliphatic carboxylic acids is 1. The Morgan fingerprint density at radius 2 is 1.67 bits per heavy atom. The number of methoxy groups -OCH3 is 1. The minimum absolute atomic E-state index is 0.0185. The number of ether oxygens (including phenoxy) is 1. The maximum Gasteiger partial charge on any atom is 0.303 e. The molecule has 1 saturated heterocycles. The van der Waals surface area contributed by atoms with Gasteiger partial charge in [0.15, 0.2) is 0 Å². The molecule has 228 valence electrons. The number of likely N-dealkylation sites (tertiary alicyclic amines) is 1. The van der Waals surface area contributed by atoms with Crippen LogP contribution in [0.15, 0.2) is 18.2 Å². The van der Waals surface area contributed by atoms with Gasteiger partial charge in [0, 0.05) is 47.8 Å². The molecule has 0 unspecified atom stereocenters. The minimum Gasteiger partial charge on any atom is -0.496 e. The van der Waals surface area contributed by atoms with Crippen LogP contribution in [0.25, 0.3) is 11.3 Å². The molecule has 1 aromatic carbocycles. The lowest BCUT2D eigenvalue weighted by Crippen LogP contribution is -2.40. The van der Waals surface area contributed by atoms with Crippen LogP contribution in [-0.4, -0.2) is 56.8 Å². The van der Waals surface area contributed by atoms with Gasteiger partial charge in [0.25, 0.3) is 0 Å². The highest BCUT2D eigenvalue weighted by Gasteiger charge is 2.31. The number of carboxylic acids is 1. The SMILES string of the molecule is COc1c(C(C)(C)C)cc(-c2nc(C3CCN(C(=O)Cn4nc(CCC(=O)O)cc4C)CC3)sc2Cl)cc1C(C)(C)C. The largest absolute Gasteiger partial charge is 0.496 e. The molecule has 1 amide bonds. The number of carbonyl (C=O) groups is 2. The molecule has 0 atom stereocenters. The fraction of sp³-hybridized carbons (Fsp3) is 0.562. The maximum absolute atomic E-state index is 13.1. The van der Waals surface area contributed by atoms with Gasteiger partial charge in [-0.15, -0.1) is 11.3 Å². The van der Waals surface area contributed by atoms with E-state index in [1.807, 2.05) is 17.9 Å². The Kier molecular flexibility index (Phi) is 9.43. The molecule has 42 heavy (non-hydrogen) atoms. The van der Waals surface area contributed by atoms with Crippen molar-refractivity contribution in [3.63, 3.8) is 0 Å². The molecule has 10 heteroatoms. The molecule has 3 heterocycles. The van der Waals surface area contributed by atoms with Gasteiger partial charge in [-0.1, -0.05) is 53.1 Å². The first-order chi connectivity index (χ1) is 19.6. The van der Waals surface area contributed by atoms with E-state index >= 15 is 0 Å². The second-order valence-electron chi connectivity index (χ2n) is 13.3. The molecular weight excluding hydrogens is 572 g/mol. The van der Waals surface area contributed by atoms with Gasteiger partial charge in [-0.25, -0.2) is 4.98 Å². The summed E-state index contributed by atoms with van der Waals surface area (Å²) >= 11 is 8.39. The topological polar surface area (TPSA) is 97.5 Å². The number of aryl methyl sites for hydroxylation is 2. The Morgan fingerprint density at radius 3 is 2.19 bits per heavy atom. The molecule has 1 N–H and O–H groups in total. The molecule has 8 nitrogen and oxygen atoms in total. The van der Waals surface area contributed by atoms with Crippen molar-refractivity contribution in [2.24, 2.45) is 0 Å². The Bertz CT molecular complexity index is 1420. The van der Waals surface area contributed by atoms with Gasteiger partial charge >= 0.3 is 5.97 Å². The summed E-state index contributed by atoms with van der Waals surface area (Å²) in [6.45, 7) is 16.5. The molecule has 4 rings (SSSR count). The molecule has 1 fully saturated rings. The van der Waals surface area contributed by atoms with E-state index < -0.39 is 5.97 Å². The summed E-state index contributed by atoms with van der Waals surface area (Å²) in [6.07, 6.45) is 2.02. The highest BCUT2D eigenvalue weighted by atomic mass is 35.5. The molecule has 0 aliphatic carbocycles. The average Bonchev–Trinajstić information content (AvgIpc) is 3.47. The molecule has 0 spiro atoms. The van der Waals surface area contributed by atoms with Crippen LogP contribution in [0.3, 0.4) is 0 Å². The molecule has 0 bridgehead atoms. The summed E-state index contributed by atoms with van der Waals surface area (Å²) in [5.41, 5.74) is 5.37. The lowest BCUT2D eigenvalue weighted by molar-refractivity contribution is -0.137. The smallest absolute Gasteiger partial charge is 0.303 e. The van der Waals surface area contributed by atoms with Crippen LogP contribution in [0.2, 0.25) is 4.34 Å². The molecule has 0 saturated carbocycles. The number of rotatable bonds is 8. The predicted molar refractivity (Wildman–Crippen MR) is 168 cm³/mol. The first kappa shape index (κ1) is 32.0. The van der Waals surface area contributed by atoms with Crippen LogP contribution >= 0.6 is 22.9 Å². The predicted octanol–water partition coefficient (Wildman–Crippen LogP) is 7.00. The number of benzene rings is 1. The summed E-state index contributed by atoms with van der Waals surface area (Å²) in [6, 6.07) is 6.19. The number of thiazole rings is 1. The molecule has 1 aliphatic rings. The highest BCUT2D eigenvalue weighted by molar-refractivity contribution is 7.16. The first-order valence-electron chi connectivity index (χ1n) is 14.5. The number of halogens is 1. The lowest BCUT2D eigenvalue weighted by Gasteiger charge is -2.31. The third kappa shape index (κ3) is 7.17. The fourth-order valence-corrected chi connectivity index (χ4v) is 6.84. The number of hydrogen-bond acceptors (Lipinski definition) is 6. The second-order valence-corrected chi connectivity index (χ2v) is 14.9. The normalized spacial score (nSPS) is 14.8. The maximum atomic E-state index is 13.1. The summed E-state index contributed by atoms with van der Waals surface area (Å²) in [4.78, 5) is 30.9. The van der Waals surface area contributed by atoms with Gasteiger partial charge < -0.3 is 14.7 Å². The van der Waals surface area contributed by atoms with Crippen LogP contribution in [-0.2, 0) is 33.4 Å². The molecule has 3 aromatic rings. The Morgan fingerprint density at radius 1 is 1.07 bits per heavy atom. The zero-order valence-corrected chi connectivity index (χ0v) is 27.6. The van der Waals surface area contributed by atoms with E-state index in [0.717, 1.165) is 51.7 Å². The summed E-state index contributed by atoms with van der Waals surface area (Å²) in [5.74, 6) is 0.319. The van der Waals surface area contributed by atoms with E-state index in [-0.39, 0.29) is 35.6 Å². The van der Waals surface area contributed by atoms with Crippen molar-refractivity contribution >= 4 is 34.8 Å². The Balaban J connectivity index is 1.49. The number of aromatic nitrogens is 3. The number of carboxylic acid groups (broad SMARTS) is 1. The van der Waals surface area contributed by atoms with Gasteiger partial charge in [0.2, 0.25) is 5.91 Å². The number of nitrogens with zero attached hydrogens (tertiary/aromatic N) is 4. The zero-order chi connectivity index (χ0) is 31.0.